The normalized spacial score (nSPS) is 12.9. The van der Waals surface area contributed by atoms with Gasteiger partial charge < -0.3 is 0 Å². The molecule has 20 heavy (non-hydrogen) atoms. The summed E-state index contributed by atoms with van der Waals surface area (Å²) >= 11 is 8.24. The van der Waals surface area contributed by atoms with E-state index in [0.29, 0.717) is 0 Å². The van der Waals surface area contributed by atoms with Crippen LogP contribution in [0, 0.1) is 5.82 Å². The molecule has 10 heteroatoms. The number of benzene rings is 1. The number of rotatable bonds is 5. The van der Waals surface area contributed by atoms with Crippen molar-refractivity contribution < 1.29 is 26.0 Å². The maximum atomic E-state index is 13.6. The predicted molar refractivity (Wildman–Crippen MR) is 69.6 cm³/mol. The van der Waals surface area contributed by atoms with E-state index in [9.17, 15) is 26.0 Å². The Bertz CT molecular complexity index is 579. The van der Waals surface area contributed by atoms with E-state index in [2.05, 4.69) is 15.9 Å². The van der Waals surface area contributed by atoms with E-state index in [1.54, 1.807) is 0 Å². The Kier molecular flexibility index (Phi) is 5.82. The van der Waals surface area contributed by atoms with Crippen molar-refractivity contribution in [2.24, 2.45) is 0 Å². The molecule has 0 heterocycles. The van der Waals surface area contributed by atoms with Gasteiger partial charge in [-0.25, -0.2) is 12.8 Å². The third-order valence-corrected chi connectivity index (χ3v) is 4.74. The van der Waals surface area contributed by atoms with E-state index in [0.717, 1.165) is 12.1 Å². The molecule has 1 aromatic rings. The molecule has 0 spiro atoms. The first kappa shape index (κ1) is 17.7. The highest BCUT2D eigenvalue weighted by molar-refractivity contribution is 9.10. The van der Waals surface area contributed by atoms with E-state index in [1.807, 2.05) is 0 Å². The van der Waals surface area contributed by atoms with Crippen LogP contribution in [0.4, 0.5) is 17.6 Å². The number of hydrogen-bond acceptors (Lipinski definition) is 2. The zero-order valence-corrected chi connectivity index (χ0v) is 13.0. The first-order valence-electron chi connectivity index (χ1n) is 5.16. The van der Waals surface area contributed by atoms with Gasteiger partial charge in [-0.1, -0.05) is 15.9 Å². The maximum Gasteiger partial charge on any atom is 0.402 e. The lowest BCUT2D eigenvalue weighted by Crippen LogP contribution is -2.40. The second kappa shape index (κ2) is 6.59. The molecule has 0 N–H and O–H groups in total. The summed E-state index contributed by atoms with van der Waals surface area (Å²) in [6, 6.07) is 2.98. The van der Waals surface area contributed by atoms with E-state index in [4.69, 9.17) is 11.6 Å². The Hall–Kier alpha value is -0.380. The van der Waals surface area contributed by atoms with Crippen LogP contribution in [0.2, 0.25) is 0 Å². The first-order valence-corrected chi connectivity index (χ1v) is 7.92. The largest absolute Gasteiger partial charge is 0.402 e. The second-order valence-electron chi connectivity index (χ2n) is 3.72. The van der Waals surface area contributed by atoms with Crippen LogP contribution in [0.1, 0.15) is 0 Å². The first-order chi connectivity index (χ1) is 9.08. The zero-order chi connectivity index (χ0) is 15.6. The van der Waals surface area contributed by atoms with Crippen LogP contribution < -0.4 is 0 Å². The van der Waals surface area contributed by atoms with Gasteiger partial charge in [-0.3, -0.25) is 0 Å². The summed E-state index contributed by atoms with van der Waals surface area (Å²) in [5.74, 6) is -1.48. The number of sulfonamides is 1. The van der Waals surface area contributed by atoms with Gasteiger partial charge in [0.05, 0.1) is 0 Å². The molecule has 0 saturated heterocycles. The van der Waals surface area contributed by atoms with Crippen molar-refractivity contribution in [2.45, 2.75) is 11.1 Å². The SMILES string of the molecule is O=S(=O)(c1ccc(Br)cc1F)N(CCCl)CC(F)(F)F. The Morgan fingerprint density at radius 1 is 1.30 bits per heavy atom. The molecule has 0 aliphatic carbocycles. The fraction of sp³-hybridized carbons (Fsp3) is 0.400. The van der Waals surface area contributed by atoms with Crippen molar-refractivity contribution in [3.63, 3.8) is 0 Å². The van der Waals surface area contributed by atoms with E-state index in [1.165, 1.54) is 6.07 Å². The van der Waals surface area contributed by atoms with Gasteiger partial charge in [0.15, 0.2) is 0 Å². The third kappa shape index (κ3) is 4.57. The molecular weight excluding hydrogens is 390 g/mol. The highest BCUT2D eigenvalue weighted by atomic mass is 79.9. The molecule has 0 aromatic heterocycles. The molecule has 0 atom stereocenters. The molecule has 0 unspecified atom stereocenters. The molecule has 1 aromatic carbocycles. The molecule has 0 fully saturated rings. The number of alkyl halides is 4. The minimum absolute atomic E-state index is 0.103. The van der Waals surface area contributed by atoms with Gasteiger partial charge in [0.25, 0.3) is 0 Å². The fourth-order valence-corrected chi connectivity index (χ4v) is 3.51. The van der Waals surface area contributed by atoms with Crippen LogP contribution in [-0.2, 0) is 10.0 Å². The number of hydrogen-bond donors (Lipinski definition) is 0. The summed E-state index contributed by atoms with van der Waals surface area (Å²) in [7, 11) is -4.61. The molecular formula is C10H9BrClF4NO2S. The van der Waals surface area contributed by atoms with Crippen molar-refractivity contribution >= 4 is 37.6 Å². The van der Waals surface area contributed by atoms with Crippen LogP contribution in [0.15, 0.2) is 27.6 Å². The summed E-state index contributed by atoms with van der Waals surface area (Å²) in [6.45, 7) is -2.30. The van der Waals surface area contributed by atoms with Crippen LogP contribution in [0.3, 0.4) is 0 Å². The van der Waals surface area contributed by atoms with Gasteiger partial charge in [-0.05, 0) is 18.2 Å². The Labute approximate surface area is 126 Å². The Balaban J connectivity index is 3.22. The summed E-state index contributed by atoms with van der Waals surface area (Å²) in [5, 5.41) is 0. The second-order valence-corrected chi connectivity index (χ2v) is 6.92. The quantitative estimate of drug-likeness (QED) is 0.563. The van der Waals surface area contributed by atoms with Gasteiger partial charge in [0, 0.05) is 16.9 Å². The van der Waals surface area contributed by atoms with E-state index < -0.39 is 40.0 Å². The molecule has 3 nitrogen and oxygen atoms in total. The minimum Gasteiger partial charge on any atom is -0.207 e. The molecule has 0 radical (unpaired) electrons. The highest BCUT2D eigenvalue weighted by Crippen LogP contribution is 2.26. The van der Waals surface area contributed by atoms with Gasteiger partial charge in [0.2, 0.25) is 10.0 Å². The van der Waals surface area contributed by atoms with Crippen LogP contribution in [0.25, 0.3) is 0 Å². The lowest BCUT2D eigenvalue weighted by Gasteiger charge is -2.22. The van der Waals surface area contributed by atoms with Crippen LogP contribution in [0.5, 0.6) is 0 Å². The monoisotopic (exact) mass is 397 g/mol. The molecule has 0 aliphatic rings. The summed E-state index contributed by atoms with van der Waals surface area (Å²) in [5.41, 5.74) is 0. The fourth-order valence-electron chi connectivity index (χ4n) is 1.40. The van der Waals surface area contributed by atoms with Crippen molar-refractivity contribution in [1.82, 2.24) is 4.31 Å². The van der Waals surface area contributed by atoms with Gasteiger partial charge >= 0.3 is 6.18 Å². The lowest BCUT2D eigenvalue weighted by molar-refractivity contribution is -0.135. The van der Waals surface area contributed by atoms with E-state index >= 15 is 0 Å². The highest BCUT2D eigenvalue weighted by Gasteiger charge is 2.37. The van der Waals surface area contributed by atoms with Crippen LogP contribution in [-0.4, -0.2) is 37.9 Å². The standard InChI is InChI=1S/C10H9BrClF4NO2S/c11-7-1-2-9(8(13)5-7)20(18,19)17(4-3-12)6-10(14,15)16/h1-2,5H,3-4,6H2. The van der Waals surface area contributed by atoms with Crippen LogP contribution >= 0.6 is 27.5 Å². The van der Waals surface area contributed by atoms with E-state index in [-0.39, 0.29) is 14.7 Å². The van der Waals surface area contributed by atoms with Crippen molar-refractivity contribution in [3.05, 3.63) is 28.5 Å². The Morgan fingerprint density at radius 2 is 1.90 bits per heavy atom. The zero-order valence-electron chi connectivity index (χ0n) is 9.79. The average molecular weight is 399 g/mol. The van der Waals surface area contributed by atoms with Gasteiger partial charge in [-0.2, -0.15) is 17.5 Å². The van der Waals surface area contributed by atoms with Gasteiger partial charge in [-0.15, -0.1) is 11.6 Å². The summed E-state index contributed by atoms with van der Waals surface area (Å²) < 4.78 is 75.3. The van der Waals surface area contributed by atoms with Gasteiger partial charge in [0.1, 0.15) is 17.3 Å². The Morgan fingerprint density at radius 3 is 2.35 bits per heavy atom. The molecule has 0 amide bonds. The molecule has 1 rings (SSSR count). The molecule has 0 bridgehead atoms. The number of nitrogens with zero attached hydrogens (tertiary/aromatic N) is 1. The van der Waals surface area contributed by atoms with Crippen molar-refractivity contribution in [2.75, 3.05) is 19.0 Å². The summed E-state index contributed by atoms with van der Waals surface area (Å²) in [6.07, 6.45) is -4.75. The average Bonchev–Trinajstić information content (AvgIpc) is 2.26. The molecule has 114 valence electrons. The third-order valence-electron chi connectivity index (χ3n) is 2.20. The number of halogens is 6. The van der Waals surface area contributed by atoms with Crippen molar-refractivity contribution in [1.29, 1.82) is 0 Å². The molecule has 0 aliphatic heterocycles. The lowest BCUT2D eigenvalue weighted by atomic mass is 10.3. The molecule has 0 saturated carbocycles. The topological polar surface area (TPSA) is 37.4 Å². The maximum absolute atomic E-state index is 13.6. The summed E-state index contributed by atoms with van der Waals surface area (Å²) in [4.78, 5) is -0.824. The predicted octanol–water partition coefficient (Wildman–Crippen LogP) is 3.38. The minimum atomic E-state index is -4.75. The van der Waals surface area contributed by atoms with Crippen molar-refractivity contribution in [3.8, 4) is 0 Å². The smallest absolute Gasteiger partial charge is 0.207 e.